The van der Waals surface area contributed by atoms with Crippen molar-refractivity contribution in [2.75, 3.05) is 33.3 Å². The summed E-state index contributed by atoms with van der Waals surface area (Å²) in [6, 6.07) is 14.9. The first kappa shape index (κ1) is 35.0. The molecule has 3 aliphatic heterocycles. The van der Waals surface area contributed by atoms with Gasteiger partial charge in [-0.3, -0.25) is 14.7 Å². The van der Waals surface area contributed by atoms with Gasteiger partial charge in [0.2, 0.25) is 5.89 Å². The molecule has 0 spiro atoms. The van der Waals surface area contributed by atoms with Crippen LogP contribution in [0.5, 0.6) is 0 Å². The number of aliphatic imine (C=N–C) groups is 1. The summed E-state index contributed by atoms with van der Waals surface area (Å²) in [5, 5.41) is 0. The first-order valence-corrected chi connectivity index (χ1v) is 18.2. The lowest BCUT2D eigenvalue weighted by Crippen LogP contribution is -2.62. The highest BCUT2D eigenvalue weighted by atomic mass is 16.5. The van der Waals surface area contributed by atoms with Gasteiger partial charge in [-0.1, -0.05) is 42.8 Å². The van der Waals surface area contributed by atoms with Gasteiger partial charge in [-0.05, 0) is 97.2 Å². The highest BCUT2D eigenvalue weighted by Crippen LogP contribution is 2.43. The maximum absolute atomic E-state index is 13.2. The van der Waals surface area contributed by atoms with Gasteiger partial charge < -0.3 is 18.8 Å². The number of aromatic nitrogens is 2. The molecule has 2 aromatic carbocycles. The Morgan fingerprint density at radius 2 is 1.73 bits per heavy atom. The number of piperidine rings is 1. The van der Waals surface area contributed by atoms with Gasteiger partial charge in [0.25, 0.3) is 0 Å². The van der Waals surface area contributed by atoms with E-state index in [0.717, 1.165) is 90.2 Å². The molecule has 268 valence electrons. The van der Waals surface area contributed by atoms with E-state index in [0.29, 0.717) is 34.6 Å². The van der Waals surface area contributed by atoms with Crippen molar-refractivity contribution < 1.29 is 23.5 Å². The van der Waals surface area contributed by atoms with Crippen LogP contribution in [0.3, 0.4) is 0 Å². The number of carbonyl (C=O) groups excluding carboxylic acids is 2. The van der Waals surface area contributed by atoms with Crippen LogP contribution in [0.25, 0.3) is 33.8 Å². The quantitative estimate of drug-likeness (QED) is 0.183. The molecule has 1 amide bonds. The first-order chi connectivity index (χ1) is 24.3. The van der Waals surface area contributed by atoms with Gasteiger partial charge >= 0.3 is 6.09 Å². The number of hydrogen-bond acceptors (Lipinski definition) is 9. The molecule has 3 aliphatic rings. The summed E-state index contributed by atoms with van der Waals surface area (Å²) in [6.45, 7) is 17.1. The highest BCUT2D eigenvalue weighted by Gasteiger charge is 2.39. The molecular formula is C41H49N5O5. The lowest BCUT2D eigenvalue weighted by Gasteiger charge is -2.46. The molecule has 10 heteroatoms. The molecule has 51 heavy (non-hydrogen) atoms. The average molecular weight is 692 g/mol. The van der Waals surface area contributed by atoms with Crippen molar-refractivity contribution in [1.29, 1.82) is 0 Å². The number of ketones is 1. The molecule has 0 aliphatic carbocycles. The number of aryl methyl sites for hydroxylation is 2. The number of Topliss-reactive ketones (excluding diaryl/α,β-unsaturated/α-hetero) is 1. The minimum atomic E-state index is -0.774. The number of methoxy groups -OCH3 is 1. The van der Waals surface area contributed by atoms with Crippen molar-refractivity contribution in [3.8, 4) is 22.7 Å². The Morgan fingerprint density at radius 1 is 1.02 bits per heavy atom. The van der Waals surface area contributed by atoms with Crippen LogP contribution in [0, 0.1) is 19.8 Å². The Bertz CT molecular complexity index is 2000. The van der Waals surface area contributed by atoms with Crippen LogP contribution in [-0.4, -0.2) is 82.3 Å². The number of hydrogen-bond donors (Lipinski definition) is 0. The summed E-state index contributed by atoms with van der Waals surface area (Å²) in [4.78, 5) is 44.8. The molecule has 7 rings (SSSR count). The summed E-state index contributed by atoms with van der Waals surface area (Å²) in [5.41, 5.74) is 9.22. The largest absolute Gasteiger partial charge is 0.453 e. The minimum Gasteiger partial charge on any atom is -0.453 e. The zero-order valence-electron chi connectivity index (χ0n) is 31.1. The van der Waals surface area contributed by atoms with E-state index in [-0.39, 0.29) is 17.9 Å². The number of oxazole rings is 1. The molecular weight excluding hydrogens is 642 g/mol. The van der Waals surface area contributed by atoms with Crippen LogP contribution < -0.4 is 0 Å². The molecule has 10 nitrogen and oxygen atoms in total. The lowest BCUT2D eigenvalue weighted by molar-refractivity contribution is -0.138. The molecule has 2 unspecified atom stereocenters. The number of carbonyl (C=O) groups is 2. The normalized spacial score (nSPS) is 19.2. The Morgan fingerprint density at radius 3 is 2.35 bits per heavy atom. The molecule has 2 fully saturated rings. The number of nitrogens with zero attached hydrogens (tertiary/aromatic N) is 5. The summed E-state index contributed by atoms with van der Waals surface area (Å²) < 4.78 is 18.0. The third kappa shape index (κ3) is 6.71. The number of amides is 1. The third-order valence-electron chi connectivity index (χ3n) is 10.5. The van der Waals surface area contributed by atoms with Crippen LogP contribution in [-0.2, 0) is 14.3 Å². The van der Waals surface area contributed by atoms with Gasteiger partial charge in [-0.25, -0.2) is 14.8 Å². The Kier molecular flexibility index (Phi) is 9.35. The zero-order valence-corrected chi connectivity index (χ0v) is 31.1. The van der Waals surface area contributed by atoms with Crippen molar-refractivity contribution in [2.24, 2.45) is 10.9 Å². The lowest BCUT2D eigenvalue weighted by atomic mass is 9.88. The number of benzene rings is 2. The van der Waals surface area contributed by atoms with E-state index >= 15 is 0 Å². The van der Waals surface area contributed by atoms with Gasteiger partial charge in [0, 0.05) is 41.7 Å². The fourth-order valence-electron chi connectivity index (χ4n) is 7.84. The predicted octanol–water partition coefficient (Wildman–Crippen LogP) is 8.04. The van der Waals surface area contributed by atoms with Gasteiger partial charge in [0.1, 0.15) is 17.3 Å². The average Bonchev–Trinajstić information content (AvgIpc) is 3.67. The van der Waals surface area contributed by atoms with E-state index in [2.05, 4.69) is 49.1 Å². The van der Waals surface area contributed by atoms with Gasteiger partial charge in [-0.15, -0.1) is 0 Å². The maximum Gasteiger partial charge on any atom is 0.409 e. The van der Waals surface area contributed by atoms with Gasteiger partial charge in [-0.2, -0.15) is 0 Å². The summed E-state index contributed by atoms with van der Waals surface area (Å²) in [7, 11) is 1.43. The van der Waals surface area contributed by atoms with Crippen molar-refractivity contribution >= 4 is 28.7 Å². The molecule has 0 N–H and O–H groups in total. The second-order valence-electron chi connectivity index (χ2n) is 15.3. The molecule has 4 aromatic rings. The summed E-state index contributed by atoms with van der Waals surface area (Å²) >= 11 is 0. The van der Waals surface area contributed by atoms with E-state index < -0.39 is 11.7 Å². The number of ether oxygens (including phenoxy) is 2. The van der Waals surface area contributed by atoms with Crippen molar-refractivity contribution in [1.82, 2.24) is 19.8 Å². The minimum absolute atomic E-state index is 0.0697. The molecule has 0 saturated carbocycles. The SMILES string of the molecule is CCC1N=C(C2CCN(C3CN(C(=O)OC)C3)CC2)c2nc(-c3nc4cc(C)c(C(OC(C)(C)C)C(C)=O)c(-c5ccc(C)cc5)c4o3)ccc21. The number of pyridine rings is 1. The van der Waals surface area contributed by atoms with E-state index in [9.17, 15) is 9.59 Å². The highest BCUT2D eigenvalue weighted by molar-refractivity contribution is 6.04. The van der Waals surface area contributed by atoms with Gasteiger partial charge in [0.15, 0.2) is 11.4 Å². The predicted molar refractivity (Wildman–Crippen MR) is 198 cm³/mol. The van der Waals surface area contributed by atoms with Crippen LogP contribution in [0.1, 0.15) is 94.0 Å². The number of rotatable bonds is 8. The van der Waals surface area contributed by atoms with Crippen LogP contribution in [0.4, 0.5) is 4.79 Å². The van der Waals surface area contributed by atoms with Gasteiger partial charge in [0.05, 0.1) is 30.2 Å². The van der Waals surface area contributed by atoms with Crippen LogP contribution >= 0.6 is 0 Å². The second kappa shape index (κ2) is 13.6. The number of likely N-dealkylation sites (tertiary alicyclic amines) is 2. The van der Waals surface area contributed by atoms with Crippen molar-refractivity contribution in [2.45, 2.75) is 91.5 Å². The summed E-state index contributed by atoms with van der Waals surface area (Å²) in [5.74, 6) is 0.673. The Labute approximate surface area is 300 Å². The van der Waals surface area contributed by atoms with E-state index in [4.69, 9.17) is 28.9 Å². The molecule has 5 heterocycles. The van der Waals surface area contributed by atoms with Crippen molar-refractivity contribution in [3.05, 3.63) is 70.4 Å². The van der Waals surface area contributed by atoms with Crippen LogP contribution in [0.2, 0.25) is 0 Å². The molecule has 0 radical (unpaired) electrons. The third-order valence-corrected chi connectivity index (χ3v) is 10.5. The van der Waals surface area contributed by atoms with E-state index in [1.165, 1.54) is 7.11 Å². The topological polar surface area (TPSA) is 110 Å². The maximum atomic E-state index is 13.2. The van der Waals surface area contributed by atoms with E-state index in [1.54, 1.807) is 11.8 Å². The first-order valence-electron chi connectivity index (χ1n) is 18.2. The monoisotopic (exact) mass is 691 g/mol. The zero-order chi connectivity index (χ0) is 36.2. The Hall–Kier alpha value is -4.41. The Balaban J connectivity index is 1.23. The standard InChI is InChI=1S/C41H49N5O5/c1-9-30-29-14-15-31(43-36(29)35(42-30)27-16-18-45(19-17-27)28-21-46(22-28)40(48)49-8)39-44-32-20-24(3)33(37(25(4)47)51-41(5,6)7)34(38(32)50-39)26-12-10-23(2)11-13-26/h10-15,20,27-28,30,37H,9,16-19,21-22H2,1-8H3. The fourth-order valence-corrected chi connectivity index (χ4v) is 7.84. The fraction of sp³-hybridized carbons (Fsp3) is 0.488. The molecule has 0 bridgehead atoms. The summed E-state index contributed by atoms with van der Waals surface area (Å²) in [6.07, 6.45) is 1.87. The smallest absolute Gasteiger partial charge is 0.409 e. The second-order valence-corrected chi connectivity index (χ2v) is 15.3. The number of fused-ring (bicyclic) bond motifs is 2. The van der Waals surface area contributed by atoms with Crippen molar-refractivity contribution in [3.63, 3.8) is 0 Å². The molecule has 2 atom stereocenters. The van der Waals surface area contributed by atoms with Crippen LogP contribution in [0.15, 0.2) is 51.9 Å². The molecule has 2 aromatic heterocycles. The molecule has 2 saturated heterocycles. The van der Waals surface area contributed by atoms with E-state index in [1.807, 2.05) is 39.8 Å².